The molecule has 1 N–H and O–H groups in total. The number of hydrogen-bond acceptors (Lipinski definition) is 3. The number of rotatable bonds is 4. The van der Waals surface area contributed by atoms with E-state index in [9.17, 15) is 27.2 Å². The molecule has 146 valence electrons. The Labute approximate surface area is 156 Å². The molecular weight excluding hydrogens is 378 g/mol. The van der Waals surface area contributed by atoms with Crippen LogP contribution in [0.3, 0.4) is 0 Å². The number of halogens is 4. The van der Waals surface area contributed by atoms with Crippen molar-refractivity contribution in [3.8, 4) is 0 Å². The van der Waals surface area contributed by atoms with Crippen LogP contribution in [-0.4, -0.2) is 15.5 Å². The molecule has 0 saturated carbocycles. The SMILES string of the molecule is CC(C(=O)NCc1ccccc1F)n1c(=O)c(C(F)(F)F)nc2ccccc21. The summed E-state index contributed by atoms with van der Waals surface area (Å²) in [4.78, 5) is 28.3. The highest BCUT2D eigenvalue weighted by molar-refractivity contribution is 5.83. The molecule has 0 spiro atoms. The van der Waals surface area contributed by atoms with Gasteiger partial charge >= 0.3 is 6.18 Å². The largest absolute Gasteiger partial charge is 0.438 e. The number of benzene rings is 2. The molecule has 2 aromatic carbocycles. The minimum atomic E-state index is -4.97. The number of alkyl halides is 3. The maximum atomic E-state index is 13.7. The van der Waals surface area contributed by atoms with Gasteiger partial charge in [-0.2, -0.15) is 13.2 Å². The van der Waals surface area contributed by atoms with Gasteiger partial charge in [0.1, 0.15) is 11.9 Å². The molecule has 5 nitrogen and oxygen atoms in total. The van der Waals surface area contributed by atoms with Crippen LogP contribution in [0, 0.1) is 5.82 Å². The van der Waals surface area contributed by atoms with Gasteiger partial charge in [-0.05, 0) is 25.1 Å². The number of nitrogens with one attached hydrogen (secondary N) is 1. The summed E-state index contributed by atoms with van der Waals surface area (Å²) in [6.45, 7) is 1.13. The van der Waals surface area contributed by atoms with Crippen molar-refractivity contribution in [1.29, 1.82) is 0 Å². The zero-order valence-electron chi connectivity index (χ0n) is 14.6. The molecule has 3 aromatic rings. The van der Waals surface area contributed by atoms with Crippen molar-refractivity contribution in [2.45, 2.75) is 25.7 Å². The molecule has 1 amide bonds. The summed E-state index contributed by atoms with van der Waals surface area (Å²) in [5.74, 6) is -1.25. The van der Waals surface area contributed by atoms with Crippen LogP contribution in [0.25, 0.3) is 11.0 Å². The summed E-state index contributed by atoms with van der Waals surface area (Å²) < 4.78 is 54.1. The second-order valence-electron chi connectivity index (χ2n) is 6.11. The van der Waals surface area contributed by atoms with Gasteiger partial charge in [0.2, 0.25) is 11.6 Å². The zero-order valence-corrected chi connectivity index (χ0v) is 14.6. The lowest BCUT2D eigenvalue weighted by Crippen LogP contribution is -2.39. The Bertz CT molecular complexity index is 1090. The average Bonchev–Trinajstić information content (AvgIpc) is 2.65. The first-order valence-corrected chi connectivity index (χ1v) is 8.29. The standard InChI is InChI=1S/C19H15F4N3O2/c1-11(17(27)24-10-12-6-2-3-7-13(12)20)26-15-9-5-4-8-14(15)25-16(18(26)28)19(21,22)23/h2-9,11H,10H2,1H3,(H,24,27). The van der Waals surface area contributed by atoms with E-state index in [4.69, 9.17) is 0 Å². The van der Waals surface area contributed by atoms with E-state index < -0.39 is 35.2 Å². The van der Waals surface area contributed by atoms with Gasteiger partial charge in [0.25, 0.3) is 5.56 Å². The zero-order chi connectivity index (χ0) is 20.5. The van der Waals surface area contributed by atoms with E-state index >= 15 is 0 Å². The molecule has 1 unspecified atom stereocenters. The van der Waals surface area contributed by atoms with E-state index in [-0.39, 0.29) is 23.1 Å². The van der Waals surface area contributed by atoms with Gasteiger partial charge in [0.05, 0.1) is 11.0 Å². The van der Waals surface area contributed by atoms with Crippen LogP contribution in [0.1, 0.15) is 24.2 Å². The van der Waals surface area contributed by atoms with E-state index in [2.05, 4.69) is 10.3 Å². The molecule has 0 aliphatic heterocycles. The first-order chi connectivity index (χ1) is 13.2. The number of carbonyl (C=O) groups is 1. The Morgan fingerprint density at radius 3 is 2.46 bits per heavy atom. The highest BCUT2D eigenvalue weighted by Gasteiger charge is 2.38. The van der Waals surface area contributed by atoms with Crippen molar-refractivity contribution in [2.75, 3.05) is 0 Å². The smallest absolute Gasteiger partial charge is 0.350 e. The number of amides is 1. The fourth-order valence-electron chi connectivity index (χ4n) is 2.81. The lowest BCUT2D eigenvalue weighted by molar-refractivity contribution is -0.142. The number of hydrogen-bond donors (Lipinski definition) is 1. The first-order valence-electron chi connectivity index (χ1n) is 8.29. The molecule has 9 heteroatoms. The normalized spacial score (nSPS) is 12.8. The Kier molecular flexibility index (Phi) is 5.17. The van der Waals surface area contributed by atoms with Crippen molar-refractivity contribution >= 4 is 16.9 Å². The highest BCUT2D eigenvalue weighted by Crippen LogP contribution is 2.27. The van der Waals surface area contributed by atoms with Crippen LogP contribution >= 0.6 is 0 Å². The van der Waals surface area contributed by atoms with Crippen molar-refractivity contribution in [3.63, 3.8) is 0 Å². The third-order valence-corrected chi connectivity index (χ3v) is 4.24. The highest BCUT2D eigenvalue weighted by atomic mass is 19.4. The molecule has 0 bridgehead atoms. The minimum Gasteiger partial charge on any atom is -0.350 e. The molecule has 3 rings (SSSR count). The van der Waals surface area contributed by atoms with Crippen LogP contribution in [0.2, 0.25) is 0 Å². The number of para-hydroxylation sites is 2. The van der Waals surface area contributed by atoms with Gasteiger partial charge < -0.3 is 5.32 Å². The topological polar surface area (TPSA) is 64.0 Å². The van der Waals surface area contributed by atoms with Crippen LogP contribution in [-0.2, 0) is 17.5 Å². The summed E-state index contributed by atoms with van der Waals surface area (Å²) >= 11 is 0. The van der Waals surface area contributed by atoms with E-state index in [1.165, 1.54) is 49.4 Å². The van der Waals surface area contributed by atoms with Gasteiger partial charge in [0.15, 0.2) is 0 Å². The maximum Gasteiger partial charge on any atom is 0.438 e. The van der Waals surface area contributed by atoms with Gasteiger partial charge in [-0.3, -0.25) is 14.2 Å². The van der Waals surface area contributed by atoms with E-state index in [0.29, 0.717) is 0 Å². The maximum absolute atomic E-state index is 13.7. The van der Waals surface area contributed by atoms with E-state index in [0.717, 1.165) is 4.57 Å². The Balaban J connectivity index is 1.99. The van der Waals surface area contributed by atoms with Crippen LogP contribution in [0.5, 0.6) is 0 Å². The lowest BCUT2D eigenvalue weighted by Gasteiger charge is -2.19. The van der Waals surface area contributed by atoms with E-state index in [1.807, 2.05) is 0 Å². The van der Waals surface area contributed by atoms with Crippen molar-refractivity contribution in [1.82, 2.24) is 14.9 Å². The molecule has 1 heterocycles. The quantitative estimate of drug-likeness (QED) is 0.691. The molecular formula is C19H15F4N3O2. The molecule has 0 aliphatic rings. The van der Waals surface area contributed by atoms with Gasteiger partial charge in [0, 0.05) is 12.1 Å². The number of nitrogens with zero attached hydrogens (tertiary/aromatic N) is 2. The first kappa shape index (κ1) is 19.5. The predicted octanol–water partition coefficient (Wildman–Crippen LogP) is 3.43. The van der Waals surface area contributed by atoms with E-state index in [1.54, 1.807) is 6.07 Å². The Morgan fingerprint density at radius 2 is 1.79 bits per heavy atom. The molecule has 0 radical (unpaired) electrons. The fourth-order valence-corrected chi connectivity index (χ4v) is 2.81. The van der Waals surface area contributed by atoms with Crippen molar-refractivity contribution in [3.05, 3.63) is 76.0 Å². The minimum absolute atomic E-state index is 0.0665. The number of fused-ring (bicyclic) bond motifs is 1. The third-order valence-electron chi connectivity index (χ3n) is 4.24. The van der Waals surface area contributed by atoms with Gasteiger partial charge in [-0.25, -0.2) is 9.37 Å². The Hall–Kier alpha value is -3.23. The van der Waals surface area contributed by atoms with Crippen LogP contribution in [0.15, 0.2) is 53.3 Å². The van der Waals surface area contributed by atoms with Crippen LogP contribution < -0.4 is 10.9 Å². The molecule has 1 atom stereocenters. The van der Waals surface area contributed by atoms with Gasteiger partial charge in [-0.15, -0.1) is 0 Å². The second-order valence-corrected chi connectivity index (χ2v) is 6.11. The summed E-state index contributed by atoms with van der Waals surface area (Å²) in [6.07, 6.45) is -4.97. The molecule has 0 saturated heterocycles. The summed E-state index contributed by atoms with van der Waals surface area (Å²) in [6, 6.07) is 10.2. The number of carbonyl (C=O) groups excluding carboxylic acids is 1. The summed E-state index contributed by atoms with van der Waals surface area (Å²) in [7, 11) is 0. The predicted molar refractivity (Wildman–Crippen MR) is 94.0 cm³/mol. The molecule has 0 aliphatic carbocycles. The number of aromatic nitrogens is 2. The van der Waals surface area contributed by atoms with Crippen molar-refractivity contribution in [2.24, 2.45) is 0 Å². The average molecular weight is 393 g/mol. The van der Waals surface area contributed by atoms with Crippen molar-refractivity contribution < 1.29 is 22.4 Å². The molecule has 28 heavy (non-hydrogen) atoms. The molecule has 1 aromatic heterocycles. The van der Waals surface area contributed by atoms with Gasteiger partial charge in [-0.1, -0.05) is 30.3 Å². The summed E-state index contributed by atoms with van der Waals surface area (Å²) in [5, 5.41) is 2.45. The Morgan fingerprint density at radius 1 is 1.14 bits per heavy atom. The summed E-state index contributed by atoms with van der Waals surface area (Å²) in [5.41, 5.74) is -2.78. The lowest BCUT2D eigenvalue weighted by atomic mass is 10.2. The fraction of sp³-hybridized carbons (Fsp3) is 0.211. The monoisotopic (exact) mass is 393 g/mol. The molecule has 0 fully saturated rings. The van der Waals surface area contributed by atoms with Crippen LogP contribution in [0.4, 0.5) is 17.6 Å². The third kappa shape index (κ3) is 3.73. The second kappa shape index (κ2) is 7.41.